The lowest BCUT2D eigenvalue weighted by Crippen LogP contribution is -2.40. The van der Waals surface area contributed by atoms with Crippen LogP contribution in [0.4, 0.5) is 0 Å². The number of hydrogen-bond acceptors (Lipinski definition) is 3. The molecule has 1 amide bonds. The quantitative estimate of drug-likeness (QED) is 0.799. The molecule has 1 aliphatic carbocycles. The molecule has 122 valence electrons. The molecule has 23 heavy (non-hydrogen) atoms. The van der Waals surface area contributed by atoms with Crippen molar-refractivity contribution in [3.05, 3.63) is 33.0 Å². The summed E-state index contributed by atoms with van der Waals surface area (Å²) in [6, 6.07) is 5.88. The first-order chi connectivity index (χ1) is 11.1. The van der Waals surface area contributed by atoms with Gasteiger partial charge in [0.15, 0.2) is 0 Å². The highest BCUT2D eigenvalue weighted by Crippen LogP contribution is 2.32. The Morgan fingerprint density at radius 3 is 2.65 bits per heavy atom. The van der Waals surface area contributed by atoms with E-state index in [2.05, 4.69) is 15.9 Å². The van der Waals surface area contributed by atoms with E-state index < -0.39 is 0 Å². The standard InChI is InChI=1S/C17H19BrN2O2S/c18-13-3-4-15-14(9-13)17(22)20(23-15)10-11-5-7-19(8-6-11)16(21)12-1-2-12/h3-4,9,11-12H,1-2,5-8,10H2. The van der Waals surface area contributed by atoms with Crippen LogP contribution in [0, 0.1) is 11.8 Å². The predicted molar refractivity (Wildman–Crippen MR) is 95.8 cm³/mol. The van der Waals surface area contributed by atoms with Gasteiger partial charge in [-0.15, -0.1) is 0 Å². The topological polar surface area (TPSA) is 42.3 Å². The summed E-state index contributed by atoms with van der Waals surface area (Å²) in [4.78, 5) is 26.6. The minimum atomic E-state index is 0.114. The summed E-state index contributed by atoms with van der Waals surface area (Å²) >= 11 is 4.98. The zero-order valence-electron chi connectivity index (χ0n) is 12.8. The molecule has 2 aliphatic rings. The van der Waals surface area contributed by atoms with Crippen molar-refractivity contribution in [3.8, 4) is 0 Å². The van der Waals surface area contributed by atoms with Gasteiger partial charge >= 0.3 is 0 Å². The number of amides is 1. The van der Waals surface area contributed by atoms with Crippen LogP contribution in [0.2, 0.25) is 0 Å². The third-order valence-electron chi connectivity index (χ3n) is 4.88. The van der Waals surface area contributed by atoms with E-state index in [-0.39, 0.29) is 5.56 Å². The molecule has 2 fully saturated rings. The molecule has 2 heterocycles. The molecule has 0 unspecified atom stereocenters. The fourth-order valence-corrected chi connectivity index (χ4v) is 4.76. The van der Waals surface area contributed by atoms with E-state index in [4.69, 9.17) is 0 Å². The average molecular weight is 395 g/mol. The van der Waals surface area contributed by atoms with Crippen LogP contribution in [0.3, 0.4) is 0 Å². The molecule has 1 aromatic heterocycles. The Labute approximate surface area is 147 Å². The highest BCUT2D eigenvalue weighted by atomic mass is 79.9. The lowest BCUT2D eigenvalue weighted by molar-refractivity contribution is -0.134. The second-order valence-corrected chi connectivity index (χ2v) is 8.62. The number of piperidine rings is 1. The summed E-state index contributed by atoms with van der Waals surface area (Å²) in [6.07, 6.45) is 4.16. The Kier molecular flexibility index (Phi) is 4.05. The van der Waals surface area contributed by atoms with E-state index >= 15 is 0 Å². The zero-order chi connectivity index (χ0) is 16.0. The van der Waals surface area contributed by atoms with E-state index in [9.17, 15) is 9.59 Å². The van der Waals surface area contributed by atoms with Crippen molar-refractivity contribution in [2.75, 3.05) is 13.1 Å². The Balaban J connectivity index is 1.44. The number of aromatic nitrogens is 1. The highest BCUT2D eigenvalue weighted by molar-refractivity contribution is 9.10. The van der Waals surface area contributed by atoms with Crippen LogP contribution >= 0.6 is 27.5 Å². The molecule has 0 radical (unpaired) electrons. The van der Waals surface area contributed by atoms with Gasteiger partial charge in [0.2, 0.25) is 5.91 Å². The molecule has 2 aromatic rings. The lowest BCUT2D eigenvalue weighted by atomic mass is 9.96. The van der Waals surface area contributed by atoms with Gasteiger partial charge in [0.05, 0.1) is 10.1 Å². The first-order valence-electron chi connectivity index (χ1n) is 8.20. The molecule has 0 spiro atoms. The number of benzene rings is 1. The van der Waals surface area contributed by atoms with Crippen LogP contribution in [-0.2, 0) is 11.3 Å². The fourth-order valence-electron chi connectivity index (χ4n) is 3.32. The molecule has 0 bridgehead atoms. The van der Waals surface area contributed by atoms with Crippen LogP contribution in [-0.4, -0.2) is 27.9 Å². The Morgan fingerprint density at radius 2 is 1.96 bits per heavy atom. The first kappa shape index (κ1) is 15.4. The van der Waals surface area contributed by atoms with E-state index in [1.165, 1.54) is 0 Å². The third-order valence-corrected chi connectivity index (χ3v) is 6.47. The van der Waals surface area contributed by atoms with Gasteiger partial charge in [0.25, 0.3) is 5.56 Å². The van der Waals surface area contributed by atoms with Crippen molar-refractivity contribution in [1.82, 2.24) is 8.86 Å². The van der Waals surface area contributed by atoms with Crippen LogP contribution in [0.25, 0.3) is 10.1 Å². The Bertz CT molecular complexity index is 801. The summed E-state index contributed by atoms with van der Waals surface area (Å²) in [5, 5.41) is 0.797. The van der Waals surface area contributed by atoms with Crippen molar-refractivity contribution in [2.24, 2.45) is 11.8 Å². The zero-order valence-corrected chi connectivity index (χ0v) is 15.2. The maximum Gasteiger partial charge on any atom is 0.268 e. The monoisotopic (exact) mass is 394 g/mol. The number of hydrogen-bond donors (Lipinski definition) is 0. The number of halogens is 1. The molecular weight excluding hydrogens is 376 g/mol. The second-order valence-electron chi connectivity index (χ2n) is 6.64. The number of carbonyl (C=O) groups is 1. The molecular formula is C17H19BrN2O2S. The largest absolute Gasteiger partial charge is 0.342 e. The lowest BCUT2D eigenvalue weighted by Gasteiger charge is -2.32. The van der Waals surface area contributed by atoms with Gasteiger partial charge < -0.3 is 4.90 Å². The summed E-state index contributed by atoms with van der Waals surface area (Å²) < 4.78 is 3.87. The maximum atomic E-state index is 12.5. The molecule has 1 aromatic carbocycles. The normalized spacial score (nSPS) is 19.4. The number of likely N-dealkylation sites (tertiary alicyclic amines) is 1. The second kappa shape index (κ2) is 6.06. The average Bonchev–Trinajstić information content (AvgIpc) is 3.36. The van der Waals surface area contributed by atoms with E-state index in [0.29, 0.717) is 17.7 Å². The number of nitrogens with zero attached hydrogens (tertiary/aromatic N) is 2. The van der Waals surface area contributed by atoms with Gasteiger partial charge in [-0.05, 0) is 49.8 Å². The van der Waals surface area contributed by atoms with Crippen LogP contribution in [0.1, 0.15) is 25.7 Å². The maximum absolute atomic E-state index is 12.5. The van der Waals surface area contributed by atoms with Crippen molar-refractivity contribution < 1.29 is 4.79 Å². The summed E-state index contributed by atoms with van der Waals surface area (Å²) in [5.74, 6) is 1.16. The fraction of sp³-hybridized carbons (Fsp3) is 0.529. The molecule has 1 aliphatic heterocycles. The summed E-state index contributed by atoms with van der Waals surface area (Å²) in [7, 11) is 0. The third kappa shape index (κ3) is 3.11. The molecule has 1 saturated carbocycles. The van der Waals surface area contributed by atoms with Crippen LogP contribution in [0.15, 0.2) is 27.5 Å². The molecule has 4 rings (SSSR count). The van der Waals surface area contributed by atoms with Crippen LogP contribution < -0.4 is 5.56 Å². The van der Waals surface area contributed by atoms with Crippen molar-refractivity contribution in [3.63, 3.8) is 0 Å². The van der Waals surface area contributed by atoms with E-state index in [1.54, 1.807) is 11.5 Å². The first-order valence-corrected chi connectivity index (χ1v) is 9.76. The van der Waals surface area contributed by atoms with Gasteiger partial charge in [-0.2, -0.15) is 0 Å². The van der Waals surface area contributed by atoms with E-state index in [1.807, 2.05) is 27.1 Å². The van der Waals surface area contributed by atoms with E-state index in [0.717, 1.165) is 59.9 Å². The Morgan fingerprint density at radius 1 is 1.22 bits per heavy atom. The van der Waals surface area contributed by atoms with Gasteiger partial charge in [0, 0.05) is 30.0 Å². The van der Waals surface area contributed by atoms with Gasteiger partial charge in [-0.3, -0.25) is 13.5 Å². The number of rotatable bonds is 3. The molecule has 6 heteroatoms. The number of carbonyl (C=O) groups excluding carboxylic acids is 1. The molecule has 0 N–H and O–H groups in total. The van der Waals surface area contributed by atoms with Crippen molar-refractivity contribution >= 4 is 43.5 Å². The molecule has 4 nitrogen and oxygen atoms in total. The van der Waals surface area contributed by atoms with Gasteiger partial charge in [-0.25, -0.2) is 0 Å². The van der Waals surface area contributed by atoms with Crippen molar-refractivity contribution in [2.45, 2.75) is 32.2 Å². The number of fused-ring (bicyclic) bond motifs is 1. The minimum absolute atomic E-state index is 0.114. The van der Waals surface area contributed by atoms with Crippen molar-refractivity contribution in [1.29, 1.82) is 0 Å². The summed E-state index contributed by atoms with van der Waals surface area (Å²) in [5.41, 5.74) is 0.114. The van der Waals surface area contributed by atoms with Crippen LogP contribution in [0.5, 0.6) is 0 Å². The Hall–Kier alpha value is -1.14. The highest BCUT2D eigenvalue weighted by Gasteiger charge is 2.35. The molecule has 1 saturated heterocycles. The van der Waals surface area contributed by atoms with Gasteiger partial charge in [0.1, 0.15) is 0 Å². The molecule has 0 atom stereocenters. The predicted octanol–water partition coefficient (Wildman–Crippen LogP) is 3.47. The summed E-state index contributed by atoms with van der Waals surface area (Å²) in [6.45, 7) is 2.48. The smallest absolute Gasteiger partial charge is 0.268 e. The minimum Gasteiger partial charge on any atom is -0.342 e. The van der Waals surface area contributed by atoms with Gasteiger partial charge in [-0.1, -0.05) is 27.5 Å². The SMILES string of the molecule is O=C(C1CC1)N1CCC(Cn2sc3ccc(Br)cc3c2=O)CC1.